The molecule has 1 amide bonds. The number of halogens is 1. The van der Waals surface area contributed by atoms with E-state index in [1.54, 1.807) is 6.07 Å². The van der Waals surface area contributed by atoms with Gasteiger partial charge in [-0.15, -0.1) is 0 Å². The first-order valence-electron chi connectivity index (χ1n) is 8.82. The number of aryl methyl sites for hydroxylation is 1. The second-order valence-corrected chi connectivity index (χ2v) is 7.60. The highest BCUT2D eigenvalue weighted by molar-refractivity contribution is 7.22. The van der Waals surface area contributed by atoms with Gasteiger partial charge >= 0.3 is 0 Å². The van der Waals surface area contributed by atoms with Crippen molar-refractivity contribution in [2.24, 2.45) is 5.92 Å². The number of carbonyl (C=O) groups excluding carboxylic acids is 1. The molecule has 2 heterocycles. The standard InChI is InChI=1S/C20H20FN3OS/c21-16-8-9-17-18(11-16)26-20(23-17)24-12-15(13-24)19(25)22-10-4-7-14-5-2-1-3-6-14/h1-3,5-6,8-9,11,15H,4,7,10,12-13H2,(H,22,25). The summed E-state index contributed by atoms with van der Waals surface area (Å²) in [5, 5.41) is 3.89. The molecule has 6 heteroatoms. The summed E-state index contributed by atoms with van der Waals surface area (Å²) in [5.74, 6) is -0.124. The van der Waals surface area contributed by atoms with Crippen molar-refractivity contribution in [1.82, 2.24) is 10.3 Å². The molecular formula is C20H20FN3OS. The molecule has 3 aromatic rings. The molecule has 1 aliphatic heterocycles. The SMILES string of the molecule is O=C(NCCCc1ccccc1)C1CN(c2nc3ccc(F)cc3s2)C1. The Morgan fingerprint density at radius 3 is 2.85 bits per heavy atom. The lowest BCUT2D eigenvalue weighted by molar-refractivity contribution is -0.125. The molecule has 1 aromatic heterocycles. The van der Waals surface area contributed by atoms with E-state index in [2.05, 4.69) is 27.3 Å². The molecule has 1 saturated heterocycles. The molecule has 2 aromatic carbocycles. The van der Waals surface area contributed by atoms with Gasteiger partial charge in [0.2, 0.25) is 5.91 Å². The molecule has 1 aliphatic rings. The number of carbonyl (C=O) groups is 1. The highest BCUT2D eigenvalue weighted by Crippen LogP contribution is 2.33. The lowest BCUT2D eigenvalue weighted by Gasteiger charge is -2.37. The van der Waals surface area contributed by atoms with Crippen LogP contribution in [-0.2, 0) is 11.2 Å². The molecular weight excluding hydrogens is 349 g/mol. The number of hydrogen-bond donors (Lipinski definition) is 1. The highest BCUT2D eigenvalue weighted by Gasteiger charge is 2.34. The molecule has 1 N–H and O–H groups in total. The molecule has 4 nitrogen and oxygen atoms in total. The predicted octanol–water partition coefficient (Wildman–Crippen LogP) is 3.62. The van der Waals surface area contributed by atoms with Crippen molar-refractivity contribution in [3.05, 3.63) is 59.9 Å². The van der Waals surface area contributed by atoms with E-state index in [1.165, 1.54) is 29.0 Å². The van der Waals surface area contributed by atoms with Crippen molar-refractivity contribution < 1.29 is 9.18 Å². The first-order chi connectivity index (χ1) is 12.7. The molecule has 26 heavy (non-hydrogen) atoms. The Labute approximate surface area is 155 Å². The Morgan fingerprint density at radius 1 is 1.23 bits per heavy atom. The minimum absolute atomic E-state index is 0.00970. The second kappa shape index (κ2) is 7.41. The van der Waals surface area contributed by atoms with E-state index in [-0.39, 0.29) is 17.6 Å². The molecule has 0 saturated carbocycles. The van der Waals surface area contributed by atoms with Crippen LogP contribution < -0.4 is 10.2 Å². The minimum Gasteiger partial charge on any atom is -0.356 e. The molecule has 0 spiro atoms. The summed E-state index contributed by atoms with van der Waals surface area (Å²) in [6.07, 6.45) is 1.91. The van der Waals surface area contributed by atoms with Crippen LogP contribution in [0.25, 0.3) is 10.2 Å². The number of anilines is 1. The molecule has 0 radical (unpaired) electrons. The largest absolute Gasteiger partial charge is 0.356 e. The molecule has 134 valence electrons. The molecule has 0 unspecified atom stereocenters. The van der Waals surface area contributed by atoms with Crippen molar-refractivity contribution >= 4 is 32.6 Å². The Hall–Kier alpha value is -2.47. The average molecular weight is 369 g/mol. The van der Waals surface area contributed by atoms with Crippen molar-refractivity contribution in [3.63, 3.8) is 0 Å². The fraction of sp³-hybridized carbons (Fsp3) is 0.300. The van der Waals surface area contributed by atoms with Gasteiger partial charge in [-0.05, 0) is 36.6 Å². The fourth-order valence-electron chi connectivity index (χ4n) is 3.12. The van der Waals surface area contributed by atoms with Crippen molar-refractivity contribution in [1.29, 1.82) is 0 Å². The summed E-state index contributed by atoms with van der Waals surface area (Å²) in [4.78, 5) is 18.8. The predicted molar refractivity (Wildman–Crippen MR) is 103 cm³/mol. The Morgan fingerprint density at radius 2 is 2.04 bits per heavy atom. The van der Waals surface area contributed by atoms with Gasteiger partial charge in [0, 0.05) is 19.6 Å². The number of hydrogen-bond acceptors (Lipinski definition) is 4. The molecule has 4 rings (SSSR count). The van der Waals surface area contributed by atoms with E-state index >= 15 is 0 Å². The topological polar surface area (TPSA) is 45.2 Å². The van der Waals surface area contributed by atoms with Crippen LogP contribution in [0.1, 0.15) is 12.0 Å². The van der Waals surface area contributed by atoms with Crippen LogP contribution in [0.4, 0.5) is 9.52 Å². The van der Waals surface area contributed by atoms with Crippen molar-refractivity contribution in [3.8, 4) is 0 Å². The molecule has 0 aliphatic carbocycles. The third kappa shape index (κ3) is 3.70. The number of nitrogens with zero attached hydrogens (tertiary/aromatic N) is 2. The van der Waals surface area contributed by atoms with Gasteiger partial charge < -0.3 is 10.2 Å². The first kappa shape index (κ1) is 17.0. The van der Waals surface area contributed by atoms with Crippen LogP contribution >= 0.6 is 11.3 Å². The summed E-state index contributed by atoms with van der Waals surface area (Å²) < 4.78 is 14.1. The smallest absolute Gasteiger partial charge is 0.226 e. The number of nitrogens with one attached hydrogen (secondary N) is 1. The van der Waals surface area contributed by atoms with Crippen molar-refractivity contribution in [2.45, 2.75) is 12.8 Å². The van der Waals surface area contributed by atoms with E-state index < -0.39 is 0 Å². The summed E-state index contributed by atoms with van der Waals surface area (Å²) in [6.45, 7) is 2.05. The van der Waals surface area contributed by atoms with Gasteiger partial charge in [-0.2, -0.15) is 0 Å². The van der Waals surface area contributed by atoms with E-state index in [1.807, 2.05) is 18.2 Å². The molecule has 0 atom stereocenters. The van der Waals surface area contributed by atoms with Gasteiger partial charge in [-0.1, -0.05) is 41.7 Å². The van der Waals surface area contributed by atoms with E-state index in [4.69, 9.17) is 0 Å². The van der Waals surface area contributed by atoms with Gasteiger partial charge in [-0.3, -0.25) is 4.79 Å². The monoisotopic (exact) mass is 369 g/mol. The number of fused-ring (bicyclic) bond motifs is 1. The highest BCUT2D eigenvalue weighted by atomic mass is 32.1. The van der Waals surface area contributed by atoms with E-state index in [0.29, 0.717) is 19.6 Å². The summed E-state index contributed by atoms with van der Waals surface area (Å²) in [6, 6.07) is 14.9. The third-order valence-corrected chi connectivity index (χ3v) is 5.73. The first-order valence-corrected chi connectivity index (χ1v) is 9.63. The Balaban J connectivity index is 1.23. The number of benzene rings is 2. The maximum absolute atomic E-state index is 13.3. The number of thiazole rings is 1. The van der Waals surface area contributed by atoms with Crippen LogP contribution in [0, 0.1) is 11.7 Å². The van der Waals surface area contributed by atoms with Gasteiger partial charge in [0.05, 0.1) is 16.1 Å². The lowest BCUT2D eigenvalue weighted by atomic mass is 10.00. The zero-order chi connectivity index (χ0) is 17.9. The van der Waals surface area contributed by atoms with Gasteiger partial charge in [0.15, 0.2) is 5.13 Å². The van der Waals surface area contributed by atoms with Crippen LogP contribution in [-0.4, -0.2) is 30.5 Å². The third-order valence-electron chi connectivity index (χ3n) is 4.65. The van der Waals surface area contributed by atoms with Crippen molar-refractivity contribution in [2.75, 3.05) is 24.5 Å². The lowest BCUT2D eigenvalue weighted by Crippen LogP contribution is -2.53. The minimum atomic E-state index is -0.246. The van der Waals surface area contributed by atoms with E-state index in [9.17, 15) is 9.18 Å². The quantitative estimate of drug-likeness (QED) is 0.675. The summed E-state index contributed by atoms with van der Waals surface area (Å²) in [5.41, 5.74) is 2.10. The second-order valence-electron chi connectivity index (χ2n) is 6.59. The zero-order valence-electron chi connectivity index (χ0n) is 14.3. The van der Waals surface area contributed by atoms with Gasteiger partial charge in [-0.25, -0.2) is 9.37 Å². The average Bonchev–Trinajstić information content (AvgIpc) is 3.01. The van der Waals surface area contributed by atoms with Gasteiger partial charge in [0.1, 0.15) is 5.82 Å². The van der Waals surface area contributed by atoms with Gasteiger partial charge in [0.25, 0.3) is 0 Å². The normalized spacial score (nSPS) is 14.4. The molecule has 0 bridgehead atoms. The fourth-order valence-corrected chi connectivity index (χ4v) is 4.12. The molecule has 1 fully saturated rings. The zero-order valence-corrected chi connectivity index (χ0v) is 15.1. The van der Waals surface area contributed by atoms with Crippen LogP contribution in [0.2, 0.25) is 0 Å². The summed E-state index contributed by atoms with van der Waals surface area (Å²) in [7, 11) is 0. The maximum Gasteiger partial charge on any atom is 0.226 e. The number of amides is 1. The van der Waals surface area contributed by atoms with Crippen LogP contribution in [0.5, 0.6) is 0 Å². The Bertz CT molecular complexity index is 906. The number of rotatable bonds is 6. The maximum atomic E-state index is 13.3. The van der Waals surface area contributed by atoms with Crippen LogP contribution in [0.3, 0.4) is 0 Å². The van der Waals surface area contributed by atoms with Crippen LogP contribution in [0.15, 0.2) is 48.5 Å². The van der Waals surface area contributed by atoms with E-state index in [0.717, 1.165) is 28.2 Å². The summed E-state index contributed by atoms with van der Waals surface area (Å²) >= 11 is 1.47. The Kier molecular flexibility index (Phi) is 4.84. The number of aromatic nitrogens is 1.